The molecule has 1 unspecified atom stereocenters. The van der Waals surface area contributed by atoms with Crippen LogP contribution in [0.1, 0.15) is 81.1 Å². The zero-order chi connectivity index (χ0) is 43.2. The van der Waals surface area contributed by atoms with E-state index in [0.717, 1.165) is 87.1 Å². The number of rotatable bonds is 9. The average Bonchev–Trinajstić information content (AvgIpc) is 4.12. The number of aromatic nitrogens is 2. The molecule has 4 aliphatic heterocycles. The van der Waals surface area contributed by atoms with Crippen molar-refractivity contribution >= 4 is 46.2 Å². The van der Waals surface area contributed by atoms with E-state index in [1.165, 1.54) is 14.2 Å². The maximum Gasteiger partial charge on any atom is 0.407 e. The van der Waals surface area contributed by atoms with Crippen molar-refractivity contribution in [3.05, 3.63) is 102 Å². The van der Waals surface area contributed by atoms with Gasteiger partial charge in [-0.25, -0.2) is 14.6 Å². The fourth-order valence-corrected chi connectivity index (χ4v) is 9.68. The van der Waals surface area contributed by atoms with E-state index >= 15 is 0 Å². The Morgan fingerprint density at radius 3 is 2.44 bits per heavy atom. The van der Waals surface area contributed by atoms with Gasteiger partial charge in [0.2, 0.25) is 11.8 Å². The largest absolute Gasteiger partial charge is 0.488 e. The van der Waals surface area contributed by atoms with Gasteiger partial charge in [0.25, 0.3) is 0 Å². The molecule has 0 aliphatic carbocycles. The molecule has 14 nitrogen and oxygen atoms in total. The van der Waals surface area contributed by atoms with Crippen molar-refractivity contribution in [1.82, 2.24) is 30.4 Å². The van der Waals surface area contributed by atoms with Crippen LogP contribution < -0.4 is 15.4 Å². The number of alkyl carbamates (subject to hydrolysis) is 2. The van der Waals surface area contributed by atoms with Crippen LogP contribution in [0.4, 0.5) is 15.3 Å². The van der Waals surface area contributed by atoms with Gasteiger partial charge in [0, 0.05) is 30.3 Å². The van der Waals surface area contributed by atoms with Crippen LogP contribution in [-0.2, 0) is 32.1 Å². The minimum atomic E-state index is -0.875. The molecular formula is C48H51N7O7. The summed E-state index contributed by atoms with van der Waals surface area (Å²) in [6.07, 6.45) is 4.35. The second-order valence-electron chi connectivity index (χ2n) is 17.0. The molecule has 2 saturated heterocycles. The number of carbonyl (C=O) groups excluding carboxylic acids is 4. The molecule has 1 aromatic heterocycles. The Morgan fingerprint density at radius 2 is 1.66 bits per heavy atom. The fourth-order valence-electron chi connectivity index (χ4n) is 9.68. The van der Waals surface area contributed by atoms with Gasteiger partial charge in [-0.05, 0) is 101 Å². The zero-order valence-corrected chi connectivity index (χ0v) is 35.6. The molecule has 5 heterocycles. The van der Waals surface area contributed by atoms with Crippen molar-refractivity contribution in [3.63, 3.8) is 0 Å². The van der Waals surface area contributed by atoms with Gasteiger partial charge in [0.05, 0.1) is 43.9 Å². The summed E-state index contributed by atoms with van der Waals surface area (Å²) in [5.41, 5.74) is 8.62. The predicted octanol–water partition coefficient (Wildman–Crippen LogP) is 7.94. The molecule has 5 aromatic rings. The number of benzene rings is 4. The van der Waals surface area contributed by atoms with Crippen LogP contribution >= 0.6 is 0 Å². The lowest BCUT2D eigenvalue weighted by molar-refractivity contribution is -0.137. The standard InChI is InChI=1S/C48H51N7O7/c1-26(2)42(52-47(58)60-4)46(57)55-27(3)13-18-40(55)44-49-24-38(51-44)30-14-16-32-31(20-30)25-62-41-23-33-29(21-35(32)41)15-17-36-34(33)22-37(50-36)39-12-9-19-54(39)45(56)43(53-48(59)61-5)28-10-7-6-8-11-28/h6-8,10-11,14-17,20-21,23-24,26-27,39-40,42-43H,9,12-13,18-19,22,25H2,1-5H3,(H,49,51)(H,52,58)(H,53,59)/t27-,39-,40-,42-,43?/m0/s1. The molecule has 2 fully saturated rings. The minimum absolute atomic E-state index is 0.0146. The summed E-state index contributed by atoms with van der Waals surface area (Å²) >= 11 is 0. The predicted molar refractivity (Wildman–Crippen MR) is 234 cm³/mol. The fraction of sp³-hybridized carbons (Fsp3) is 0.375. The molecule has 62 heavy (non-hydrogen) atoms. The lowest BCUT2D eigenvalue weighted by Crippen LogP contribution is -2.52. The number of hydrogen-bond acceptors (Lipinski definition) is 9. The topological polar surface area (TPSA) is 168 Å². The maximum absolute atomic E-state index is 14.1. The first-order chi connectivity index (χ1) is 30.0. The third-order valence-corrected chi connectivity index (χ3v) is 12.9. The number of nitrogens with zero attached hydrogens (tertiary/aromatic N) is 4. The second kappa shape index (κ2) is 16.6. The van der Waals surface area contributed by atoms with Gasteiger partial charge in [0.1, 0.15) is 30.3 Å². The molecule has 5 atom stereocenters. The Bertz CT molecular complexity index is 2610. The summed E-state index contributed by atoms with van der Waals surface area (Å²) < 4.78 is 16.2. The molecular weight excluding hydrogens is 787 g/mol. The molecule has 9 rings (SSSR count). The molecule has 0 spiro atoms. The molecule has 3 N–H and O–H groups in total. The lowest BCUT2D eigenvalue weighted by Gasteiger charge is -2.32. The monoisotopic (exact) mass is 837 g/mol. The lowest BCUT2D eigenvalue weighted by atomic mass is 9.90. The number of methoxy groups -OCH3 is 2. The number of nitrogens with one attached hydrogen (secondary N) is 3. The van der Waals surface area contributed by atoms with E-state index in [9.17, 15) is 19.2 Å². The van der Waals surface area contributed by atoms with E-state index < -0.39 is 24.3 Å². The number of fused-ring (bicyclic) bond motifs is 6. The number of hydrogen-bond donors (Lipinski definition) is 3. The van der Waals surface area contributed by atoms with E-state index in [0.29, 0.717) is 31.0 Å². The number of aromatic amines is 1. The summed E-state index contributed by atoms with van der Waals surface area (Å²) in [6.45, 7) is 6.82. The third-order valence-electron chi connectivity index (χ3n) is 12.9. The van der Waals surface area contributed by atoms with Crippen LogP contribution in [0.15, 0.2) is 84.0 Å². The van der Waals surface area contributed by atoms with Gasteiger partial charge >= 0.3 is 12.2 Å². The minimum Gasteiger partial charge on any atom is -0.488 e. The summed E-state index contributed by atoms with van der Waals surface area (Å²) in [5.74, 6) is 1.06. The number of amides is 4. The quantitative estimate of drug-likeness (QED) is 0.135. The van der Waals surface area contributed by atoms with E-state index in [2.05, 4.69) is 58.1 Å². The van der Waals surface area contributed by atoms with Crippen LogP contribution in [0, 0.1) is 5.92 Å². The highest BCUT2D eigenvalue weighted by Crippen LogP contribution is 2.45. The first kappa shape index (κ1) is 40.7. The maximum atomic E-state index is 14.1. The Hall–Kier alpha value is -6.70. The van der Waals surface area contributed by atoms with Crippen molar-refractivity contribution in [2.45, 2.75) is 89.7 Å². The van der Waals surface area contributed by atoms with Crippen LogP contribution in [-0.4, -0.2) is 88.4 Å². The summed E-state index contributed by atoms with van der Waals surface area (Å²) in [7, 11) is 2.59. The van der Waals surface area contributed by atoms with E-state index in [1.807, 2.05) is 67.1 Å². The molecule has 4 aliphatic rings. The normalized spacial score (nSPS) is 19.8. The number of H-pyrrole nitrogens is 1. The molecule has 320 valence electrons. The molecule has 0 radical (unpaired) electrons. The zero-order valence-electron chi connectivity index (χ0n) is 35.6. The summed E-state index contributed by atoms with van der Waals surface area (Å²) in [6, 6.07) is 22.0. The van der Waals surface area contributed by atoms with Crippen molar-refractivity contribution in [1.29, 1.82) is 0 Å². The van der Waals surface area contributed by atoms with Crippen LogP contribution in [0.5, 0.6) is 5.75 Å². The van der Waals surface area contributed by atoms with Crippen molar-refractivity contribution in [2.75, 3.05) is 20.8 Å². The second-order valence-corrected chi connectivity index (χ2v) is 17.0. The van der Waals surface area contributed by atoms with Gasteiger partial charge in [-0.15, -0.1) is 0 Å². The smallest absolute Gasteiger partial charge is 0.407 e. The summed E-state index contributed by atoms with van der Waals surface area (Å²) in [4.78, 5) is 69.6. The number of ether oxygens (including phenoxy) is 3. The highest BCUT2D eigenvalue weighted by atomic mass is 16.5. The van der Waals surface area contributed by atoms with Gasteiger partial charge in [-0.3, -0.25) is 14.6 Å². The Balaban J connectivity index is 0.933. The number of aliphatic imine (C=N–C) groups is 1. The highest BCUT2D eigenvalue weighted by Gasteiger charge is 2.42. The third kappa shape index (κ3) is 7.41. The average molecular weight is 838 g/mol. The molecule has 0 bridgehead atoms. The number of imidazole rings is 1. The van der Waals surface area contributed by atoms with E-state index in [1.54, 1.807) is 0 Å². The van der Waals surface area contributed by atoms with Gasteiger partial charge in [0.15, 0.2) is 0 Å². The Morgan fingerprint density at radius 1 is 0.871 bits per heavy atom. The molecule has 4 aromatic carbocycles. The first-order valence-corrected chi connectivity index (χ1v) is 21.4. The first-order valence-electron chi connectivity index (χ1n) is 21.4. The van der Waals surface area contributed by atoms with Crippen LogP contribution in [0.25, 0.3) is 33.2 Å². The van der Waals surface area contributed by atoms with Crippen molar-refractivity contribution < 1.29 is 33.4 Å². The van der Waals surface area contributed by atoms with Crippen LogP contribution in [0.3, 0.4) is 0 Å². The van der Waals surface area contributed by atoms with Gasteiger partial charge < -0.3 is 39.6 Å². The van der Waals surface area contributed by atoms with Crippen molar-refractivity contribution in [3.8, 4) is 28.1 Å². The Labute approximate surface area is 360 Å². The van der Waals surface area contributed by atoms with Gasteiger partial charge in [-0.2, -0.15) is 0 Å². The summed E-state index contributed by atoms with van der Waals surface area (Å²) in [5, 5.41) is 7.63. The number of carbonyl (C=O) groups is 4. The molecule has 14 heteroatoms. The SMILES string of the molecule is COC(=O)NC(C(=O)N1CCC[C@H]1C1=Nc2ccc3cc4c(cc3c2C1)OCc1cc(-c2cnc([C@@H]3CC[C@H](C)N3C(=O)[C@@H](NC(=O)OC)C(C)C)[nH]2)ccc1-4)c1ccccc1. The van der Waals surface area contributed by atoms with Crippen molar-refractivity contribution in [2.24, 2.45) is 10.9 Å². The Kier molecular flexibility index (Phi) is 10.9. The number of likely N-dealkylation sites (tertiary alicyclic amines) is 2. The van der Waals surface area contributed by atoms with E-state index in [-0.39, 0.29) is 35.9 Å². The molecule has 4 amide bonds. The highest BCUT2D eigenvalue weighted by molar-refractivity contribution is 6.06. The van der Waals surface area contributed by atoms with Crippen LogP contribution in [0.2, 0.25) is 0 Å². The van der Waals surface area contributed by atoms with E-state index in [4.69, 9.17) is 24.2 Å². The molecule has 0 saturated carbocycles. The van der Waals surface area contributed by atoms with Gasteiger partial charge in [-0.1, -0.05) is 62.4 Å².